The fourth-order valence-corrected chi connectivity index (χ4v) is 0.993. The zero-order chi connectivity index (χ0) is 12.2. The lowest BCUT2D eigenvalue weighted by atomic mass is 9.87. The van der Waals surface area contributed by atoms with Crippen molar-refractivity contribution in [3.8, 4) is 0 Å². The lowest BCUT2D eigenvalue weighted by Crippen LogP contribution is -2.53. The van der Waals surface area contributed by atoms with Gasteiger partial charge in [-0.15, -0.1) is 0 Å². The molecular formula is C10H20N2O3. The van der Waals surface area contributed by atoms with E-state index in [9.17, 15) is 9.59 Å². The molecule has 2 atom stereocenters. The summed E-state index contributed by atoms with van der Waals surface area (Å²) in [6.07, 6.45) is 0.345. The minimum absolute atomic E-state index is 0.345. The molecule has 0 aromatic rings. The van der Waals surface area contributed by atoms with Gasteiger partial charge in [-0.2, -0.15) is 0 Å². The van der Waals surface area contributed by atoms with Gasteiger partial charge in [0.25, 0.3) is 0 Å². The van der Waals surface area contributed by atoms with Crippen LogP contribution in [0.25, 0.3) is 0 Å². The van der Waals surface area contributed by atoms with Crippen molar-refractivity contribution in [1.29, 1.82) is 0 Å². The Kier molecular flexibility index (Phi) is 4.74. The van der Waals surface area contributed by atoms with Gasteiger partial charge in [0.05, 0.1) is 6.04 Å². The van der Waals surface area contributed by atoms with Crippen LogP contribution in [0, 0.1) is 5.41 Å². The number of nitrogens with two attached hydrogens (primary N) is 1. The molecule has 0 unspecified atom stereocenters. The number of carboxylic acid groups (broad SMARTS) is 1. The van der Waals surface area contributed by atoms with E-state index in [0.29, 0.717) is 6.42 Å². The van der Waals surface area contributed by atoms with Crippen molar-refractivity contribution in [2.45, 2.75) is 46.2 Å². The Morgan fingerprint density at radius 1 is 1.40 bits per heavy atom. The third kappa shape index (κ3) is 4.29. The Balaban J connectivity index is 4.42. The Bertz CT molecular complexity index is 246. The van der Waals surface area contributed by atoms with Crippen molar-refractivity contribution in [3.05, 3.63) is 0 Å². The molecule has 0 rings (SSSR count). The quantitative estimate of drug-likeness (QED) is 0.631. The number of carboxylic acids is 1. The summed E-state index contributed by atoms with van der Waals surface area (Å²) < 4.78 is 0. The molecule has 0 spiro atoms. The Morgan fingerprint density at radius 2 is 1.87 bits per heavy atom. The Morgan fingerprint density at radius 3 is 2.13 bits per heavy atom. The highest BCUT2D eigenvalue weighted by molar-refractivity contribution is 5.87. The molecular weight excluding hydrogens is 196 g/mol. The lowest BCUT2D eigenvalue weighted by Gasteiger charge is -2.27. The summed E-state index contributed by atoms with van der Waals surface area (Å²) in [4.78, 5) is 22.2. The molecule has 0 saturated carbocycles. The van der Waals surface area contributed by atoms with Crippen molar-refractivity contribution in [3.63, 3.8) is 0 Å². The topological polar surface area (TPSA) is 92.4 Å². The number of aliphatic carboxylic acids is 1. The van der Waals surface area contributed by atoms with Crippen molar-refractivity contribution < 1.29 is 14.7 Å². The van der Waals surface area contributed by atoms with Crippen LogP contribution in [0.2, 0.25) is 0 Å². The molecule has 0 bridgehead atoms. The van der Waals surface area contributed by atoms with Gasteiger partial charge in [-0.3, -0.25) is 4.79 Å². The van der Waals surface area contributed by atoms with Crippen LogP contribution in [0.1, 0.15) is 34.1 Å². The van der Waals surface area contributed by atoms with Crippen molar-refractivity contribution in [1.82, 2.24) is 5.32 Å². The van der Waals surface area contributed by atoms with E-state index >= 15 is 0 Å². The summed E-state index contributed by atoms with van der Waals surface area (Å²) in [7, 11) is 0. The summed E-state index contributed by atoms with van der Waals surface area (Å²) in [5.74, 6) is -1.45. The molecule has 0 heterocycles. The predicted molar refractivity (Wildman–Crippen MR) is 57.3 cm³/mol. The van der Waals surface area contributed by atoms with Gasteiger partial charge in [-0.05, 0) is 11.8 Å². The highest BCUT2D eigenvalue weighted by Crippen LogP contribution is 2.17. The molecule has 0 radical (unpaired) electrons. The van der Waals surface area contributed by atoms with E-state index in [4.69, 9.17) is 10.8 Å². The third-order valence-corrected chi connectivity index (χ3v) is 2.24. The molecule has 0 saturated heterocycles. The number of hydrogen-bond acceptors (Lipinski definition) is 3. The minimum Gasteiger partial charge on any atom is -0.480 e. The second kappa shape index (κ2) is 5.11. The molecule has 4 N–H and O–H groups in total. The van der Waals surface area contributed by atoms with Crippen molar-refractivity contribution in [2.75, 3.05) is 0 Å². The van der Waals surface area contributed by atoms with Gasteiger partial charge in [0.1, 0.15) is 6.04 Å². The third-order valence-electron chi connectivity index (χ3n) is 2.24. The van der Waals surface area contributed by atoms with Gasteiger partial charge in [0.2, 0.25) is 5.91 Å². The van der Waals surface area contributed by atoms with E-state index in [2.05, 4.69) is 5.32 Å². The molecule has 1 amide bonds. The first-order chi connectivity index (χ1) is 6.70. The predicted octanol–water partition coefficient (Wildman–Crippen LogP) is 0.339. The normalized spacial score (nSPS) is 15.5. The molecule has 0 aliphatic heterocycles. The standard InChI is InChI=1S/C10H20N2O3/c1-5-6(9(14)15)12-8(13)7(11)10(2,3)4/h6-7H,5,11H2,1-4H3,(H,12,13)(H,14,15)/t6-,7+/m1/s1. The first-order valence-electron chi connectivity index (χ1n) is 4.99. The van der Waals surface area contributed by atoms with E-state index in [-0.39, 0.29) is 5.41 Å². The molecule has 5 heteroatoms. The van der Waals surface area contributed by atoms with Crippen LogP contribution in [0.5, 0.6) is 0 Å². The van der Waals surface area contributed by atoms with Crippen LogP contribution in [0.3, 0.4) is 0 Å². The summed E-state index contributed by atoms with van der Waals surface area (Å²) in [6, 6.07) is -1.56. The highest BCUT2D eigenvalue weighted by Gasteiger charge is 2.29. The van der Waals surface area contributed by atoms with E-state index in [1.165, 1.54) is 0 Å². The van der Waals surface area contributed by atoms with Crippen LogP contribution in [-0.4, -0.2) is 29.1 Å². The van der Waals surface area contributed by atoms with Gasteiger partial charge in [-0.25, -0.2) is 4.79 Å². The van der Waals surface area contributed by atoms with E-state index < -0.39 is 24.0 Å². The number of amides is 1. The molecule has 0 aliphatic carbocycles. The fourth-order valence-electron chi connectivity index (χ4n) is 0.993. The number of carbonyl (C=O) groups is 2. The van der Waals surface area contributed by atoms with Crippen LogP contribution >= 0.6 is 0 Å². The number of carbonyl (C=O) groups excluding carboxylic acids is 1. The fraction of sp³-hybridized carbons (Fsp3) is 0.800. The monoisotopic (exact) mass is 216 g/mol. The molecule has 0 aromatic carbocycles. The van der Waals surface area contributed by atoms with Gasteiger partial charge in [0, 0.05) is 0 Å². The van der Waals surface area contributed by atoms with E-state index in [0.717, 1.165) is 0 Å². The SMILES string of the molecule is CC[C@@H](NC(=O)[C@H](N)C(C)(C)C)C(=O)O. The first kappa shape index (κ1) is 13.9. The maximum atomic E-state index is 11.6. The van der Waals surface area contributed by atoms with Crippen LogP contribution < -0.4 is 11.1 Å². The molecule has 0 aliphatic rings. The van der Waals surface area contributed by atoms with Gasteiger partial charge in [-0.1, -0.05) is 27.7 Å². The average molecular weight is 216 g/mol. The maximum absolute atomic E-state index is 11.6. The van der Waals surface area contributed by atoms with Gasteiger partial charge < -0.3 is 16.2 Å². The lowest BCUT2D eigenvalue weighted by molar-refractivity contribution is -0.142. The second-order valence-electron chi connectivity index (χ2n) is 4.65. The van der Waals surface area contributed by atoms with E-state index in [1.807, 2.05) is 20.8 Å². The van der Waals surface area contributed by atoms with E-state index in [1.54, 1.807) is 6.92 Å². The van der Waals surface area contributed by atoms with Crippen LogP contribution in [0.4, 0.5) is 0 Å². The Hall–Kier alpha value is -1.10. The summed E-state index contributed by atoms with van der Waals surface area (Å²) in [6.45, 7) is 7.19. The van der Waals surface area contributed by atoms with Crippen LogP contribution in [0.15, 0.2) is 0 Å². The molecule has 88 valence electrons. The first-order valence-corrected chi connectivity index (χ1v) is 4.99. The minimum atomic E-state index is -1.04. The second-order valence-corrected chi connectivity index (χ2v) is 4.65. The molecule has 15 heavy (non-hydrogen) atoms. The summed E-state index contributed by atoms with van der Waals surface area (Å²) >= 11 is 0. The molecule has 0 fully saturated rings. The van der Waals surface area contributed by atoms with Crippen molar-refractivity contribution >= 4 is 11.9 Å². The number of hydrogen-bond donors (Lipinski definition) is 3. The van der Waals surface area contributed by atoms with Gasteiger partial charge >= 0.3 is 5.97 Å². The number of rotatable bonds is 4. The van der Waals surface area contributed by atoms with Gasteiger partial charge in [0.15, 0.2) is 0 Å². The smallest absolute Gasteiger partial charge is 0.326 e. The number of nitrogens with one attached hydrogen (secondary N) is 1. The van der Waals surface area contributed by atoms with Crippen molar-refractivity contribution in [2.24, 2.45) is 11.1 Å². The summed E-state index contributed by atoms with van der Waals surface area (Å²) in [5, 5.41) is 11.2. The molecule has 0 aromatic heterocycles. The Labute approximate surface area is 90.0 Å². The summed E-state index contributed by atoms with van der Waals surface area (Å²) in [5.41, 5.74) is 5.32. The maximum Gasteiger partial charge on any atom is 0.326 e. The molecule has 5 nitrogen and oxygen atoms in total. The zero-order valence-electron chi connectivity index (χ0n) is 9.70. The van der Waals surface area contributed by atoms with Crippen LogP contribution in [-0.2, 0) is 9.59 Å². The average Bonchev–Trinajstić information content (AvgIpc) is 2.10. The zero-order valence-corrected chi connectivity index (χ0v) is 9.70. The highest BCUT2D eigenvalue weighted by atomic mass is 16.4. The largest absolute Gasteiger partial charge is 0.480 e.